The number of carbonyl (C=O) groups is 1. The zero-order valence-corrected chi connectivity index (χ0v) is 14.3. The van der Waals surface area contributed by atoms with Gasteiger partial charge in [0.25, 0.3) is 0 Å². The Morgan fingerprint density at radius 2 is 1.58 bits per heavy atom. The van der Waals surface area contributed by atoms with Gasteiger partial charge in [-0.05, 0) is 29.7 Å². The van der Waals surface area contributed by atoms with Crippen LogP contribution in [0.4, 0.5) is 5.69 Å². The van der Waals surface area contributed by atoms with Crippen molar-refractivity contribution in [2.75, 3.05) is 33.3 Å². The molecule has 0 spiro atoms. The van der Waals surface area contributed by atoms with E-state index in [0.717, 1.165) is 16.8 Å². The minimum absolute atomic E-state index is 0.0908. The first kappa shape index (κ1) is 16.2. The fourth-order valence-corrected chi connectivity index (χ4v) is 3.24. The molecule has 1 amide bonds. The van der Waals surface area contributed by atoms with E-state index >= 15 is 0 Å². The third kappa shape index (κ3) is 2.56. The molecule has 24 heavy (non-hydrogen) atoms. The molecular formula is C19H21NO4. The molecule has 1 aliphatic rings. The second kappa shape index (κ2) is 6.43. The average Bonchev–Trinajstić information content (AvgIpc) is 2.86. The number of hydrogen-bond donors (Lipinski definition) is 0. The molecule has 0 aliphatic carbocycles. The van der Waals surface area contributed by atoms with Gasteiger partial charge in [0, 0.05) is 18.8 Å². The summed E-state index contributed by atoms with van der Waals surface area (Å²) in [6, 6.07) is 11.6. The van der Waals surface area contributed by atoms with Crippen LogP contribution >= 0.6 is 0 Å². The Labute approximate surface area is 141 Å². The van der Waals surface area contributed by atoms with E-state index < -0.39 is 0 Å². The van der Waals surface area contributed by atoms with Crippen LogP contribution in [0.15, 0.2) is 36.4 Å². The third-order valence-electron chi connectivity index (χ3n) is 4.51. The van der Waals surface area contributed by atoms with Crippen molar-refractivity contribution >= 4 is 11.6 Å². The molecule has 126 valence electrons. The van der Waals surface area contributed by atoms with Crippen molar-refractivity contribution < 1.29 is 19.0 Å². The number of para-hydroxylation sites is 1. The molecular weight excluding hydrogens is 306 g/mol. The summed E-state index contributed by atoms with van der Waals surface area (Å²) in [5, 5.41) is 0. The van der Waals surface area contributed by atoms with E-state index in [1.54, 1.807) is 32.3 Å². The molecule has 0 saturated carbocycles. The van der Waals surface area contributed by atoms with Gasteiger partial charge in [-0.1, -0.05) is 18.2 Å². The third-order valence-corrected chi connectivity index (χ3v) is 4.51. The van der Waals surface area contributed by atoms with Gasteiger partial charge in [-0.15, -0.1) is 0 Å². The minimum atomic E-state index is -0.224. The average molecular weight is 327 g/mol. The van der Waals surface area contributed by atoms with Gasteiger partial charge in [0.15, 0.2) is 11.5 Å². The molecule has 0 fully saturated rings. The quantitative estimate of drug-likeness (QED) is 0.847. The lowest BCUT2D eigenvalue weighted by molar-refractivity contribution is -0.119. The Balaban J connectivity index is 2.01. The number of benzene rings is 2. The van der Waals surface area contributed by atoms with Crippen LogP contribution in [0.2, 0.25) is 0 Å². The van der Waals surface area contributed by atoms with Crippen molar-refractivity contribution in [3.8, 4) is 17.2 Å². The van der Waals surface area contributed by atoms with Crippen LogP contribution in [-0.4, -0.2) is 34.3 Å². The van der Waals surface area contributed by atoms with Crippen molar-refractivity contribution in [1.29, 1.82) is 0 Å². The normalized spacial score (nSPS) is 16.1. The summed E-state index contributed by atoms with van der Waals surface area (Å²) in [5.41, 5.74) is 2.92. The number of ether oxygens (including phenoxy) is 3. The van der Waals surface area contributed by atoms with Gasteiger partial charge < -0.3 is 19.1 Å². The summed E-state index contributed by atoms with van der Waals surface area (Å²) in [7, 11) is 6.61. The largest absolute Gasteiger partial charge is 0.496 e. The predicted octanol–water partition coefficient (Wildman–Crippen LogP) is 3.02. The van der Waals surface area contributed by atoms with E-state index in [0.29, 0.717) is 23.7 Å². The van der Waals surface area contributed by atoms with E-state index in [-0.39, 0.29) is 11.8 Å². The van der Waals surface area contributed by atoms with Crippen molar-refractivity contribution in [2.45, 2.75) is 12.3 Å². The molecule has 2 aromatic carbocycles. The van der Waals surface area contributed by atoms with Crippen molar-refractivity contribution in [3.63, 3.8) is 0 Å². The van der Waals surface area contributed by atoms with Gasteiger partial charge in [-0.25, -0.2) is 0 Å². The number of amides is 1. The monoisotopic (exact) mass is 327 g/mol. The Kier molecular flexibility index (Phi) is 4.34. The lowest BCUT2D eigenvalue weighted by Gasteiger charge is -2.16. The summed E-state index contributed by atoms with van der Waals surface area (Å²) in [5.74, 6) is 1.78. The van der Waals surface area contributed by atoms with Gasteiger partial charge in [-0.3, -0.25) is 4.79 Å². The fourth-order valence-electron chi connectivity index (χ4n) is 3.24. The molecule has 1 unspecified atom stereocenters. The lowest BCUT2D eigenvalue weighted by Crippen LogP contribution is -2.25. The van der Waals surface area contributed by atoms with Crippen LogP contribution in [0.1, 0.15) is 17.0 Å². The number of hydrogen-bond acceptors (Lipinski definition) is 4. The second-order valence-electron chi connectivity index (χ2n) is 5.73. The predicted molar refractivity (Wildman–Crippen MR) is 92.4 cm³/mol. The molecule has 5 nitrogen and oxygen atoms in total. The standard InChI is InChI=1S/C19H21NO4/c1-20-15-8-6-5-7-13(15)14(19(20)21)9-12-10-17(23-3)18(24-4)11-16(12)22-2/h5-8,10-11,14H,9H2,1-4H3. The first-order chi connectivity index (χ1) is 11.6. The topological polar surface area (TPSA) is 48.0 Å². The van der Waals surface area contributed by atoms with E-state index in [4.69, 9.17) is 14.2 Å². The Bertz CT molecular complexity index is 772. The van der Waals surface area contributed by atoms with Crippen molar-refractivity contribution in [1.82, 2.24) is 0 Å². The maximum absolute atomic E-state index is 12.7. The van der Waals surface area contributed by atoms with Crippen LogP contribution in [0.5, 0.6) is 17.2 Å². The molecule has 0 radical (unpaired) electrons. The lowest BCUT2D eigenvalue weighted by atomic mass is 9.92. The summed E-state index contributed by atoms with van der Waals surface area (Å²) in [6.07, 6.45) is 0.545. The maximum atomic E-state index is 12.7. The van der Waals surface area contributed by atoms with Crippen molar-refractivity contribution in [3.05, 3.63) is 47.5 Å². The molecule has 0 saturated heterocycles. The Morgan fingerprint density at radius 3 is 2.25 bits per heavy atom. The smallest absolute Gasteiger partial charge is 0.234 e. The maximum Gasteiger partial charge on any atom is 0.234 e. The molecule has 2 aromatic rings. The Hall–Kier alpha value is -2.69. The van der Waals surface area contributed by atoms with Crippen LogP contribution in [0, 0.1) is 0 Å². The van der Waals surface area contributed by atoms with E-state index in [1.807, 2.05) is 37.4 Å². The highest BCUT2D eigenvalue weighted by molar-refractivity contribution is 6.04. The molecule has 1 aliphatic heterocycles. The van der Waals surface area contributed by atoms with Gasteiger partial charge in [-0.2, -0.15) is 0 Å². The molecule has 1 heterocycles. The highest BCUT2D eigenvalue weighted by Crippen LogP contribution is 2.41. The number of fused-ring (bicyclic) bond motifs is 1. The number of anilines is 1. The zero-order chi connectivity index (χ0) is 17.3. The summed E-state index contributed by atoms with van der Waals surface area (Å²) in [6.45, 7) is 0. The molecule has 3 rings (SSSR count). The summed E-state index contributed by atoms with van der Waals surface area (Å²) < 4.78 is 16.2. The number of carbonyl (C=O) groups excluding carboxylic acids is 1. The first-order valence-corrected chi connectivity index (χ1v) is 7.76. The number of likely N-dealkylation sites (N-methyl/N-ethyl adjacent to an activating group) is 1. The van der Waals surface area contributed by atoms with Gasteiger partial charge in [0.1, 0.15) is 5.75 Å². The Morgan fingerprint density at radius 1 is 0.958 bits per heavy atom. The number of rotatable bonds is 5. The van der Waals surface area contributed by atoms with Gasteiger partial charge in [0.05, 0.1) is 27.2 Å². The van der Waals surface area contributed by atoms with Crippen molar-refractivity contribution in [2.24, 2.45) is 0 Å². The number of methoxy groups -OCH3 is 3. The molecule has 0 aromatic heterocycles. The molecule has 5 heteroatoms. The SMILES string of the molecule is COc1cc(OC)c(OC)cc1CC1C(=O)N(C)c2ccccc21. The molecule has 0 N–H and O–H groups in total. The van der Waals surface area contributed by atoms with Crippen LogP contribution in [0.3, 0.4) is 0 Å². The molecule has 1 atom stereocenters. The van der Waals surface area contributed by atoms with Gasteiger partial charge >= 0.3 is 0 Å². The first-order valence-electron chi connectivity index (χ1n) is 7.76. The van der Waals surface area contributed by atoms with E-state index in [1.165, 1.54) is 0 Å². The van der Waals surface area contributed by atoms with Crippen LogP contribution < -0.4 is 19.1 Å². The van der Waals surface area contributed by atoms with Crippen LogP contribution in [-0.2, 0) is 11.2 Å². The number of nitrogens with zero attached hydrogens (tertiary/aromatic N) is 1. The molecule has 0 bridgehead atoms. The second-order valence-corrected chi connectivity index (χ2v) is 5.73. The van der Waals surface area contributed by atoms with E-state index in [9.17, 15) is 4.79 Å². The van der Waals surface area contributed by atoms with Gasteiger partial charge in [0.2, 0.25) is 5.91 Å². The summed E-state index contributed by atoms with van der Waals surface area (Å²) in [4.78, 5) is 14.4. The highest BCUT2D eigenvalue weighted by Gasteiger charge is 2.35. The van der Waals surface area contributed by atoms with Crippen LogP contribution in [0.25, 0.3) is 0 Å². The van der Waals surface area contributed by atoms with E-state index in [2.05, 4.69) is 0 Å². The summed E-state index contributed by atoms with van der Waals surface area (Å²) >= 11 is 0. The fraction of sp³-hybridized carbons (Fsp3) is 0.316. The zero-order valence-electron chi connectivity index (χ0n) is 14.3. The minimum Gasteiger partial charge on any atom is -0.496 e. The highest BCUT2D eigenvalue weighted by atomic mass is 16.5.